The lowest BCUT2D eigenvalue weighted by molar-refractivity contribution is 0.658. The van der Waals surface area contributed by atoms with E-state index in [1.165, 1.54) is 33.3 Å². The van der Waals surface area contributed by atoms with Crippen molar-refractivity contribution in [3.05, 3.63) is 58.7 Å². The fourth-order valence-electron chi connectivity index (χ4n) is 3.45. The number of benzene rings is 2. The van der Waals surface area contributed by atoms with Crippen LogP contribution < -0.4 is 5.32 Å². The van der Waals surface area contributed by atoms with Gasteiger partial charge >= 0.3 is 0 Å². The molecule has 0 bridgehead atoms. The standard InChI is InChI=1S/C19H19ClN2/c1-13-10-16(20)3-4-18(13)14-2-5-19-15(11-14)12-17-6-7-21-8-9-22(17)19/h2-5,10-12,21H,6-9H2,1H3. The monoisotopic (exact) mass is 310 g/mol. The lowest BCUT2D eigenvalue weighted by Gasteiger charge is -2.09. The van der Waals surface area contributed by atoms with Crippen LogP contribution in [-0.4, -0.2) is 17.7 Å². The molecule has 0 spiro atoms. The number of nitrogens with zero attached hydrogens (tertiary/aromatic N) is 1. The summed E-state index contributed by atoms with van der Waals surface area (Å²) in [4.78, 5) is 0. The molecule has 3 aromatic rings. The van der Waals surface area contributed by atoms with Crippen molar-refractivity contribution in [2.45, 2.75) is 19.9 Å². The predicted octanol–water partition coefficient (Wildman–Crippen LogP) is 4.42. The Kier molecular flexibility index (Phi) is 3.44. The fourth-order valence-corrected chi connectivity index (χ4v) is 3.68. The Morgan fingerprint density at radius 1 is 1.05 bits per heavy atom. The van der Waals surface area contributed by atoms with E-state index in [4.69, 9.17) is 11.6 Å². The highest BCUT2D eigenvalue weighted by Crippen LogP contribution is 2.30. The molecule has 0 amide bonds. The van der Waals surface area contributed by atoms with Crippen molar-refractivity contribution in [3.63, 3.8) is 0 Å². The number of aromatic nitrogens is 1. The average Bonchev–Trinajstić information content (AvgIpc) is 2.68. The molecule has 0 fully saturated rings. The van der Waals surface area contributed by atoms with Gasteiger partial charge in [0.25, 0.3) is 0 Å². The maximum Gasteiger partial charge on any atom is 0.0483 e. The Morgan fingerprint density at radius 3 is 2.82 bits per heavy atom. The van der Waals surface area contributed by atoms with E-state index in [9.17, 15) is 0 Å². The summed E-state index contributed by atoms with van der Waals surface area (Å²) in [5.41, 5.74) is 6.52. The summed E-state index contributed by atoms with van der Waals surface area (Å²) >= 11 is 6.07. The number of rotatable bonds is 1. The van der Waals surface area contributed by atoms with Crippen LogP contribution in [0.4, 0.5) is 0 Å². The largest absolute Gasteiger partial charge is 0.343 e. The van der Waals surface area contributed by atoms with Gasteiger partial charge in [0.1, 0.15) is 0 Å². The zero-order valence-electron chi connectivity index (χ0n) is 12.7. The summed E-state index contributed by atoms with van der Waals surface area (Å²) in [7, 11) is 0. The summed E-state index contributed by atoms with van der Waals surface area (Å²) < 4.78 is 2.45. The minimum atomic E-state index is 0.797. The van der Waals surface area contributed by atoms with E-state index >= 15 is 0 Å². The van der Waals surface area contributed by atoms with Crippen molar-refractivity contribution in [1.82, 2.24) is 9.88 Å². The van der Waals surface area contributed by atoms with Crippen LogP contribution >= 0.6 is 11.6 Å². The van der Waals surface area contributed by atoms with Crippen LogP contribution in [0.3, 0.4) is 0 Å². The molecule has 2 aromatic carbocycles. The van der Waals surface area contributed by atoms with Crippen molar-refractivity contribution < 1.29 is 0 Å². The van der Waals surface area contributed by atoms with Crippen LogP contribution in [0.2, 0.25) is 5.02 Å². The molecule has 0 radical (unpaired) electrons. The van der Waals surface area contributed by atoms with Crippen molar-refractivity contribution in [2.75, 3.05) is 13.1 Å². The molecule has 0 atom stereocenters. The van der Waals surface area contributed by atoms with E-state index in [1.807, 2.05) is 12.1 Å². The van der Waals surface area contributed by atoms with Gasteiger partial charge in [-0.3, -0.25) is 0 Å². The second kappa shape index (κ2) is 5.45. The van der Waals surface area contributed by atoms with Gasteiger partial charge in [0, 0.05) is 47.7 Å². The van der Waals surface area contributed by atoms with Crippen LogP contribution in [0.25, 0.3) is 22.0 Å². The molecule has 0 saturated carbocycles. The van der Waals surface area contributed by atoms with Crippen molar-refractivity contribution in [2.24, 2.45) is 0 Å². The first-order valence-corrected chi connectivity index (χ1v) is 8.19. The van der Waals surface area contributed by atoms with Crippen molar-refractivity contribution in [1.29, 1.82) is 0 Å². The molecular formula is C19H19ClN2. The number of hydrogen-bond acceptors (Lipinski definition) is 1. The molecule has 1 N–H and O–H groups in total. The van der Waals surface area contributed by atoms with Gasteiger partial charge in [-0.25, -0.2) is 0 Å². The molecule has 3 heteroatoms. The van der Waals surface area contributed by atoms with E-state index in [-0.39, 0.29) is 0 Å². The molecule has 22 heavy (non-hydrogen) atoms. The predicted molar refractivity (Wildman–Crippen MR) is 93.7 cm³/mol. The normalized spacial score (nSPS) is 14.8. The van der Waals surface area contributed by atoms with E-state index in [1.54, 1.807) is 0 Å². The van der Waals surface area contributed by atoms with Crippen LogP contribution in [0.15, 0.2) is 42.5 Å². The van der Waals surface area contributed by atoms with Crippen LogP contribution in [0, 0.1) is 6.92 Å². The topological polar surface area (TPSA) is 17.0 Å². The third-order valence-corrected chi connectivity index (χ3v) is 4.79. The van der Waals surface area contributed by atoms with Gasteiger partial charge in [-0.1, -0.05) is 23.7 Å². The number of aryl methyl sites for hydroxylation is 1. The molecule has 1 aliphatic heterocycles. The zero-order chi connectivity index (χ0) is 15.1. The Hall–Kier alpha value is -1.77. The molecule has 0 unspecified atom stereocenters. The van der Waals surface area contributed by atoms with E-state index in [0.717, 1.165) is 31.1 Å². The van der Waals surface area contributed by atoms with Crippen LogP contribution in [-0.2, 0) is 13.0 Å². The minimum absolute atomic E-state index is 0.797. The second-order valence-electron chi connectivity index (χ2n) is 6.02. The average molecular weight is 311 g/mol. The van der Waals surface area contributed by atoms with Gasteiger partial charge in [0.05, 0.1) is 0 Å². The molecule has 112 valence electrons. The number of halogens is 1. The summed E-state index contributed by atoms with van der Waals surface area (Å²) in [5, 5.41) is 5.60. The smallest absolute Gasteiger partial charge is 0.0483 e. The summed E-state index contributed by atoms with van der Waals surface area (Å²) in [5.74, 6) is 0. The summed E-state index contributed by atoms with van der Waals surface area (Å²) in [6.07, 6.45) is 1.10. The van der Waals surface area contributed by atoms with Crippen LogP contribution in [0.1, 0.15) is 11.3 Å². The lowest BCUT2D eigenvalue weighted by atomic mass is 9.99. The van der Waals surface area contributed by atoms with Gasteiger partial charge in [0.2, 0.25) is 0 Å². The number of hydrogen-bond donors (Lipinski definition) is 1. The van der Waals surface area contributed by atoms with Gasteiger partial charge in [0.15, 0.2) is 0 Å². The Bertz CT molecular complexity index is 848. The highest BCUT2D eigenvalue weighted by atomic mass is 35.5. The third kappa shape index (κ3) is 2.33. The number of nitrogens with one attached hydrogen (secondary N) is 1. The van der Waals surface area contributed by atoms with Gasteiger partial charge in [-0.2, -0.15) is 0 Å². The fraction of sp³-hybridized carbons (Fsp3) is 0.263. The summed E-state index contributed by atoms with van der Waals surface area (Å²) in [6.45, 7) is 5.29. The minimum Gasteiger partial charge on any atom is -0.343 e. The van der Waals surface area contributed by atoms with Gasteiger partial charge in [-0.15, -0.1) is 0 Å². The molecule has 0 aliphatic carbocycles. The number of fused-ring (bicyclic) bond motifs is 3. The van der Waals surface area contributed by atoms with Crippen molar-refractivity contribution >= 4 is 22.5 Å². The van der Waals surface area contributed by atoms with E-state index in [0.29, 0.717) is 0 Å². The van der Waals surface area contributed by atoms with Crippen LogP contribution in [0.5, 0.6) is 0 Å². The molecule has 1 aliphatic rings. The van der Waals surface area contributed by atoms with E-state index in [2.05, 4.69) is 47.1 Å². The molecule has 2 heterocycles. The molecular weight excluding hydrogens is 292 g/mol. The quantitative estimate of drug-likeness (QED) is 0.704. The maximum atomic E-state index is 6.07. The third-order valence-electron chi connectivity index (χ3n) is 4.56. The van der Waals surface area contributed by atoms with E-state index < -0.39 is 0 Å². The molecule has 4 rings (SSSR count). The van der Waals surface area contributed by atoms with Gasteiger partial charge < -0.3 is 9.88 Å². The zero-order valence-corrected chi connectivity index (χ0v) is 13.5. The first kappa shape index (κ1) is 13.9. The SMILES string of the molecule is Cc1cc(Cl)ccc1-c1ccc2c(c1)cc1n2CCNCC1. The van der Waals surface area contributed by atoms with Crippen molar-refractivity contribution in [3.8, 4) is 11.1 Å². The Morgan fingerprint density at radius 2 is 1.95 bits per heavy atom. The Balaban J connectivity index is 1.84. The summed E-state index contributed by atoms with van der Waals surface area (Å²) in [6, 6.07) is 15.2. The van der Waals surface area contributed by atoms with Gasteiger partial charge in [-0.05, 0) is 53.9 Å². The molecule has 0 saturated heterocycles. The Labute approximate surface area is 135 Å². The first-order valence-electron chi connectivity index (χ1n) is 7.82. The molecule has 1 aromatic heterocycles. The first-order chi connectivity index (χ1) is 10.7. The highest BCUT2D eigenvalue weighted by molar-refractivity contribution is 6.30. The second-order valence-corrected chi connectivity index (χ2v) is 6.46. The lowest BCUT2D eigenvalue weighted by Crippen LogP contribution is -2.17. The molecule has 2 nitrogen and oxygen atoms in total. The maximum absolute atomic E-state index is 6.07. The highest BCUT2D eigenvalue weighted by Gasteiger charge is 2.12.